The number of ether oxygens (including phenoxy) is 1. The monoisotopic (exact) mass is 255 g/mol. The molecule has 0 spiro atoms. The average molecular weight is 256 g/mol. The van der Waals surface area contributed by atoms with Gasteiger partial charge in [0.05, 0.1) is 0 Å². The molecule has 2 rings (SSSR count). The van der Waals surface area contributed by atoms with Gasteiger partial charge in [-0.25, -0.2) is 0 Å². The van der Waals surface area contributed by atoms with Gasteiger partial charge < -0.3 is 15.2 Å². The highest BCUT2D eigenvalue weighted by molar-refractivity contribution is 6.30. The van der Waals surface area contributed by atoms with Crippen LogP contribution in [0.3, 0.4) is 0 Å². The van der Waals surface area contributed by atoms with Gasteiger partial charge >= 0.3 is 0 Å². The fraction of sp³-hybridized carbons (Fsp3) is 0.538. The van der Waals surface area contributed by atoms with Crippen molar-refractivity contribution in [3.8, 4) is 5.75 Å². The van der Waals surface area contributed by atoms with Crippen molar-refractivity contribution in [2.24, 2.45) is 5.92 Å². The van der Waals surface area contributed by atoms with E-state index in [4.69, 9.17) is 16.3 Å². The number of aliphatic hydroxyl groups excluding tert-OH is 1. The van der Waals surface area contributed by atoms with Crippen molar-refractivity contribution in [3.05, 3.63) is 29.3 Å². The maximum atomic E-state index is 9.69. The van der Waals surface area contributed by atoms with E-state index in [-0.39, 0.29) is 6.61 Å². The van der Waals surface area contributed by atoms with Crippen LogP contribution in [-0.4, -0.2) is 30.9 Å². The van der Waals surface area contributed by atoms with Crippen LogP contribution >= 0.6 is 11.6 Å². The van der Waals surface area contributed by atoms with Crippen molar-refractivity contribution >= 4 is 11.6 Å². The quantitative estimate of drug-likeness (QED) is 0.784. The van der Waals surface area contributed by atoms with Gasteiger partial charge in [-0.15, -0.1) is 0 Å². The topological polar surface area (TPSA) is 41.5 Å². The molecule has 1 unspecified atom stereocenters. The van der Waals surface area contributed by atoms with Crippen LogP contribution in [0.5, 0.6) is 5.75 Å². The van der Waals surface area contributed by atoms with Gasteiger partial charge in [0.1, 0.15) is 18.5 Å². The number of halogens is 1. The molecule has 2 N–H and O–H groups in total. The summed E-state index contributed by atoms with van der Waals surface area (Å²) in [6.07, 6.45) is 2.16. The maximum absolute atomic E-state index is 9.69. The third-order valence-electron chi connectivity index (χ3n) is 2.75. The summed E-state index contributed by atoms with van der Waals surface area (Å²) in [4.78, 5) is 0. The Bertz CT molecular complexity index is 355. The third kappa shape index (κ3) is 4.94. The second-order valence-electron chi connectivity index (χ2n) is 4.52. The number of aliphatic hydroxyl groups is 1. The zero-order valence-corrected chi connectivity index (χ0v) is 10.5. The molecule has 0 heterocycles. The molecule has 3 nitrogen and oxygen atoms in total. The predicted molar refractivity (Wildman–Crippen MR) is 68.5 cm³/mol. The van der Waals surface area contributed by atoms with Crippen molar-refractivity contribution in [3.63, 3.8) is 0 Å². The Kier molecular flexibility index (Phi) is 4.66. The molecule has 0 bridgehead atoms. The molecule has 4 heteroatoms. The Hall–Kier alpha value is -0.770. The highest BCUT2D eigenvalue weighted by atomic mass is 35.5. The SMILES string of the molecule is OC(CNCC1CC1)COc1cccc(Cl)c1. The van der Waals surface area contributed by atoms with Crippen LogP contribution in [0.15, 0.2) is 24.3 Å². The van der Waals surface area contributed by atoms with Crippen LogP contribution in [0.2, 0.25) is 5.02 Å². The summed E-state index contributed by atoms with van der Waals surface area (Å²) < 4.78 is 5.45. The number of rotatable bonds is 7. The Morgan fingerprint density at radius 1 is 1.47 bits per heavy atom. The first-order valence-electron chi connectivity index (χ1n) is 6.01. The molecule has 1 saturated carbocycles. The number of nitrogens with one attached hydrogen (secondary N) is 1. The predicted octanol–water partition coefficient (Wildman–Crippen LogP) is 2.08. The Morgan fingerprint density at radius 3 is 3.00 bits per heavy atom. The van der Waals surface area contributed by atoms with Gasteiger partial charge in [-0.3, -0.25) is 0 Å². The fourth-order valence-electron chi connectivity index (χ4n) is 1.58. The number of hydrogen-bond donors (Lipinski definition) is 2. The molecule has 1 aromatic rings. The van der Waals surface area contributed by atoms with Crippen molar-refractivity contribution in [1.82, 2.24) is 5.32 Å². The zero-order valence-electron chi connectivity index (χ0n) is 9.73. The average Bonchev–Trinajstić information content (AvgIpc) is 3.11. The summed E-state index contributed by atoms with van der Waals surface area (Å²) in [7, 11) is 0. The van der Waals surface area contributed by atoms with E-state index in [1.165, 1.54) is 12.8 Å². The zero-order chi connectivity index (χ0) is 12.1. The van der Waals surface area contributed by atoms with Crippen LogP contribution in [0, 0.1) is 5.92 Å². The van der Waals surface area contributed by atoms with Crippen LogP contribution in [0.25, 0.3) is 0 Å². The van der Waals surface area contributed by atoms with Gasteiger partial charge in [-0.05, 0) is 43.5 Å². The molecular formula is C13H18ClNO2. The maximum Gasteiger partial charge on any atom is 0.120 e. The van der Waals surface area contributed by atoms with Gasteiger partial charge in [0, 0.05) is 11.6 Å². The molecule has 0 aliphatic heterocycles. The van der Waals surface area contributed by atoms with Gasteiger partial charge in [-0.2, -0.15) is 0 Å². The van der Waals surface area contributed by atoms with E-state index in [1.54, 1.807) is 12.1 Å². The minimum Gasteiger partial charge on any atom is -0.491 e. The summed E-state index contributed by atoms with van der Waals surface area (Å²) >= 11 is 5.83. The molecule has 1 fully saturated rings. The fourth-order valence-corrected chi connectivity index (χ4v) is 1.76. The molecule has 94 valence electrons. The molecule has 0 aromatic heterocycles. The highest BCUT2D eigenvalue weighted by Crippen LogP contribution is 2.27. The van der Waals surface area contributed by atoms with Crippen LogP contribution < -0.4 is 10.1 Å². The second kappa shape index (κ2) is 6.24. The molecule has 0 saturated heterocycles. The normalized spacial score (nSPS) is 16.8. The minimum absolute atomic E-state index is 0.290. The molecule has 1 aliphatic carbocycles. The van der Waals surface area contributed by atoms with E-state index >= 15 is 0 Å². The van der Waals surface area contributed by atoms with E-state index < -0.39 is 6.10 Å². The lowest BCUT2D eigenvalue weighted by Gasteiger charge is -2.13. The summed E-state index contributed by atoms with van der Waals surface area (Å²) in [6.45, 7) is 1.88. The highest BCUT2D eigenvalue weighted by Gasteiger charge is 2.20. The summed E-state index contributed by atoms with van der Waals surface area (Å²) in [6, 6.07) is 7.19. The number of benzene rings is 1. The first kappa shape index (κ1) is 12.7. The number of hydrogen-bond acceptors (Lipinski definition) is 3. The lowest BCUT2D eigenvalue weighted by atomic mass is 10.3. The summed E-state index contributed by atoms with van der Waals surface area (Å²) in [5.74, 6) is 1.52. The van der Waals surface area contributed by atoms with Crippen LogP contribution in [0.1, 0.15) is 12.8 Å². The van der Waals surface area contributed by atoms with Crippen molar-refractivity contribution in [1.29, 1.82) is 0 Å². The van der Waals surface area contributed by atoms with E-state index in [9.17, 15) is 5.11 Å². The van der Waals surface area contributed by atoms with E-state index in [0.29, 0.717) is 17.3 Å². The van der Waals surface area contributed by atoms with E-state index in [1.807, 2.05) is 12.1 Å². The van der Waals surface area contributed by atoms with Crippen molar-refractivity contribution in [2.75, 3.05) is 19.7 Å². The minimum atomic E-state index is -0.479. The van der Waals surface area contributed by atoms with Gasteiger partial charge in [0.25, 0.3) is 0 Å². The van der Waals surface area contributed by atoms with Crippen molar-refractivity contribution < 1.29 is 9.84 Å². The lowest BCUT2D eigenvalue weighted by Crippen LogP contribution is -2.32. The third-order valence-corrected chi connectivity index (χ3v) is 2.98. The van der Waals surface area contributed by atoms with Gasteiger partial charge in [-0.1, -0.05) is 17.7 Å². The largest absolute Gasteiger partial charge is 0.491 e. The first-order chi connectivity index (χ1) is 8.24. The molecule has 0 radical (unpaired) electrons. The molecule has 1 aromatic carbocycles. The van der Waals surface area contributed by atoms with Gasteiger partial charge in [0.15, 0.2) is 0 Å². The summed E-state index contributed by atoms with van der Waals surface area (Å²) in [5, 5.41) is 13.6. The Morgan fingerprint density at radius 2 is 2.29 bits per heavy atom. The molecule has 1 aliphatic rings. The van der Waals surface area contributed by atoms with E-state index in [2.05, 4.69) is 5.32 Å². The van der Waals surface area contributed by atoms with Crippen LogP contribution in [-0.2, 0) is 0 Å². The molecular weight excluding hydrogens is 238 g/mol. The first-order valence-corrected chi connectivity index (χ1v) is 6.39. The van der Waals surface area contributed by atoms with E-state index in [0.717, 1.165) is 12.5 Å². The van der Waals surface area contributed by atoms with Gasteiger partial charge in [0.2, 0.25) is 0 Å². The van der Waals surface area contributed by atoms with Crippen molar-refractivity contribution in [2.45, 2.75) is 18.9 Å². The Labute approximate surface area is 107 Å². The molecule has 0 amide bonds. The Balaban J connectivity index is 1.62. The standard InChI is InChI=1S/C13H18ClNO2/c14-11-2-1-3-13(6-11)17-9-12(16)8-15-7-10-4-5-10/h1-3,6,10,12,15-16H,4-5,7-9H2. The second-order valence-corrected chi connectivity index (χ2v) is 4.96. The van der Waals surface area contributed by atoms with Crippen LogP contribution in [0.4, 0.5) is 0 Å². The molecule has 1 atom stereocenters. The summed E-state index contributed by atoms with van der Waals surface area (Å²) in [5.41, 5.74) is 0. The lowest BCUT2D eigenvalue weighted by molar-refractivity contribution is 0.106. The molecule has 17 heavy (non-hydrogen) atoms. The smallest absolute Gasteiger partial charge is 0.120 e.